The zero-order valence-corrected chi connectivity index (χ0v) is 13.6. The Hall–Kier alpha value is -2.40. The highest BCUT2D eigenvalue weighted by Gasteiger charge is 2.15. The second-order valence-corrected chi connectivity index (χ2v) is 5.39. The van der Waals surface area contributed by atoms with Crippen LogP contribution >= 0.6 is 11.6 Å². The molecule has 0 saturated heterocycles. The van der Waals surface area contributed by atoms with Gasteiger partial charge < -0.3 is 9.47 Å². The van der Waals surface area contributed by atoms with Crippen LogP contribution < -0.4 is 4.74 Å². The number of para-hydroxylation sites is 1. The third kappa shape index (κ3) is 5.66. The minimum absolute atomic E-state index is 0.00575. The van der Waals surface area contributed by atoms with Crippen LogP contribution in [0.5, 0.6) is 5.75 Å². The summed E-state index contributed by atoms with van der Waals surface area (Å²) in [6, 6.07) is 13.5. The van der Waals surface area contributed by atoms with Gasteiger partial charge in [-0.1, -0.05) is 48.0 Å². The van der Waals surface area contributed by atoms with Crippen LogP contribution in [0.2, 0.25) is 5.02 Å². The van der Waals surface area contributed by atoms with Crippen molar-refractivity contribution in [2.75, 3.05) is 6.61 Å². The Balaban J connectivity index is 1.70. The Kier molecular flexibility index (Phi) is 6.75. The second-order valence-electron chi connectivity index (χ2n) is 4.98. The van der Waals surface area contributed by atoms with Gasteiger partial charge in [-0.25, -0.2) is 4.39 Å². The fraction of sp³-hybridized carbons (Fsp3) is 0.222. The molecule has 0 spiro atoms. The maximum atomic E-state index is 13.5. The molecule has 126 valence electrons. The van der Waals surface area contributed by atoms with Gasteiger partial charge in [0.05, 0.1) is 24.5 Å². The Bertz CT molecular complexity index is 683. The molecule has 6 heteroatoms. The second kappa shape index (κ2) is 9.03. The third-order valence-electron chi connectivity index (χ3n) is 3.16. The number of halogens is 2. The molecule has 2 aromatic rings. The third-order valence-corrected chi connectivity index (χ3v) is 3.46. The van der Waals surface area contributed by atoms with Gasteiger partial charge in [-0.05, 0) is 17.7 Å². The zero-order valence-electron chi connectivity index (χ0n) is 12.8. The van der Waals surface area contributed by atoms with Crippen LogP contribution in [0.4, 0.5) is 4.39 Å². The number of rotatable bonds is 7. The van der Waals surface area contributed by atoms with Crippen molar-refractivity contribution in [1.29, 1.82) is 0 Å². The lowest BCUT2D eigenvalue weighted by Crippen LogP contribution is -2.14. The van der Waals surface area contributed by atoms with Crippen LogP contribution in [0.15, 0.2) is 48.5 Å². The van der Waals surface area contributed by atoms with Crippen molar-refractivity contribution in [1.82, 2.24) is 0 Å². The maximum Gasteiger partial charge on any atom is 0.311 e. The predicted molar refractivity (Wildman–Crippen MR) is 87.4 cm³/mol. The summed E-state index contributed by atoms with van der Waals surface area (Å²) in [5.74, 6) is -2.33. The predicted octanol–water partition coefficient (Wildman–Crippen LogP) is 3.95. The summed E-state index contributed by atoms with van der Waals surface area (Å²) in [4.78, 5) is 23.3. The highest BCUT2D eigenvalue weighted by Crippen LogP contribution is 2.27. The highest BCUT2D eigenvalue weighted by molar-refractivity contribution is 6.32. The summed E-state index contributed by atoms with van der Waals surface area (Å²) in [7, 11) is 0. The van der Waals surface area contributed by atoms with Gasteiger partial charge in [-0.2, -0.15) is 0 Å². The van der Waals surface area contributed by atoms with Crippen LogP contribution in [0.25, 0.3) is 0 Å². The lowest BCUT2D eigenvalue weighted by molar-refractivity contribution is -0.146. The van der Waals surface area contributed by atoms with Crippen LogP contribution in [0.1, 0.15) is 18.4 Å². The number of benzene rings is 2. The molecule has 2 rings (SSSR count). The summed E-state index contributed by atoms with van der Waals surface area (Å²) in [5, 5.41) is -0.00575. The molecular weight excluding hydrogens is 335 g/mol. The molecule has 2 aromatic carbocycles. The molecule has 0 amide bonds. The van der Waals surface area contributed by atoms with Gasteiger partial charge in [-0.15, -0.1) is 0 Å². The SMILES string of the molecule is O=C(CCC(=O)Oc1c(F)cccc1Cl)OCCc1ccccc1. The van der Waals surface area contributed by atoms with E-state index in [9.17, 15) is 14.0 Å². The Morgan fingerprint density at radius 1 is 0.958 bits per heavy atom. The van der Waals surface area contributed by atoms with Crippen molar-refractivity contribution >= 4 is 23.5 Å². The number of esters is 2. The molecule has 24 heavy (non-hydrogen) atoms. The van der Waals surface area contributed by atoms with E-state index < -0.39 is 17.8 Å². The van der Waals surface area contributed by atoms with Crippen molar-refractivity contribution in [2.45, 2.75) is 19.3 Å². The van der Waals surface area contributed by atoms with Crippen LogP contribution in [0.3, 0.4) is 0 Å². The van der Waals surface area contributed by atoms with E-state index in [2.05, 4.69) is 0 Å². The highest BCUT2D eigenvalue weighted by atomic mass is 35.5. The van der Waals surface area contributed by atoms with Crippen molar-refractivity contribution in [3.63, 3.8) is 0 Å². The monoisotopic (exact) mass is 350 g/mol. The summed E-state index contributed by atoms with van der Waals surface area (Å²) < 4.78 is 23.4. The van der Waals surface area contributed by atoms with Crippen molar-refractivity contribution in [2.24, 2.45) is 0 Å². The van der Waals surface area contributed by atoms with E-state index in [0.717, 1.165) is 11.6 Å². The van der Waals surface area contributed by atoms with Gasteiger partial charge in [0.25, 0.3) is 0 Å². The summed E-state index contributed by atoms with van der Waals surface area (Å²) in [6.07, 6.45) is 0.246. The summed E-state index contributed by atoms with van der Waals surface area (Å²) in [6.45, 7) is 0.233. The van der Waals surface area contributed by atoms with Crippen molar-refractivity contribution < 1.29 is 23.5 Å². The van der Waals surface area contributed by atoms with Gasteiger partial charge in [0, 0.05) is 6.42 Å². The molecule has 0 fully saturated rings. The minimum Gasteiger partial charge on any atom is -0.465 e. The molecule has 0 aliphatic rings. The molecule has 0 aliphatic heterocycles. The lowest BCUT2D eigenvalue weighted by atomic mass is 10.2. The fourth-order valence-corrected chi connectivity index (χ4v) is 2.15. The average Bonchev–Trinajstić information content (AvgIpc) is 2.57. The van der Waals surface area contributed by atoms with E-state index in [1.807, 2.05) is 30.3 Å². The van der Waals surface area contributed by atoms with Gasteiger partial charge in [-0.3, -0.25) is 9.59 Å². The number of carbonyl (C=O) groups is 2. The quantitative estimate of drug-likeness (QED) is 0.560. The first kappa shape index (κ1) is 17.9. The van der Waals surface area contributed by atoms with E-state index >= 15 is 0 Å². The smallest absolute Gasteiger partial charge is 0.311 e. The Morgan fingerprint density at radius 2 is 1.67 bits per heavy atom. The largest absolute Gasteiger partial charge is 0.465 e. The molecule has 0 N–H and O–H groups in total. The van der Waals surface area contributed by atoms with Gasteiger partial charge >= 0.3 is 11.9 Å². The van der Waals surface area contributed by atoms with E-state index in [-0.39, 0.29) is 30.2 Å². The summed E-state index contributed by atoms with van der Waals surface area (Å²) in [5.41, 5.74) is 1.05. The first-order valence-corrected chi connectivity index (χ1v) is 7.78. The van der Waals surface area contributed by atoms with E-state index in [0.29, 0.717) is 6.42 Å². The molecule has 0 atom stereocenters. The fourth-order valence-electron chi connectivity index (χ4n) is 1.95. The molecule has 0 bridgehead atoms. The average molecular weight is 351 g/mol. The normalized spacial score (nSPS) is 10.2. The number of hydrogen-bond donors (Lipinski definition) is 0. The lowest BCUT2D eigenvalue weighted by Gasteiger charge is -2.07. The van der Waals surface area contributed by atoms with Crippen LogP contribution in [-0.2, 0) is 20.7 Å². The Morgan fingerprint density at radius 3 is 2.38 bits per heavy atom. The summed E-state index contributed by atoms with van der Waals surface area (Å²) >= 11 is 5.75. The minimum atomic E-state index is -0.748. The van der Waals surface area contributed by atoms with Crippen molar-refractivity contribution in [3.05, 3.63) is 64.9 Å². The molecule has 0 radical (unpaired) electrons. The van der Waals surface area contributed by atoms with Gasteiger partial charge in [0.2, 0.25) is 0 Å². The molecule has 0 aliphatic carbocycles. The van der Waals surface area contributed by atoms with E-state index in [1.165, 1.54) is 12.1 Å². The number of ether oxygens (including phenoxy) is 2. The topological polar surface area (TPSA) is 52.6 Å². The molecular formula is C18H16ClFO4. The number of hydrogen-bond acceptors (Lipinski definition) is 4. The first-order valence-electron chi connectivity index (χ1n) is 7.40. The Labute approximate surface area is 144 Å². The molecule has 0 aromatic heterocycles. The van der Waals surface area contributed by atoms with E-state index in [4.69, 9.17) is 21.1 Å². The molecule has 0 saturated carbocycles. The zero-order chi connectivity index (χ0) is 17.4. The molecule has 0 unspecified atom stereocenters. The van der Waals surface area contributed by atoms with Crippen molar-refractivity contribution in [3.8, 4) is 5.75 Å². The number of carbonyl (C=O) groups excluding carboxylic acids is 2. The van der Waals surface area contributed by atoms with Crippen LogP contribution in [0, 0.1) is 5.82 Å². The maximum absolute atomic E-state index is 13.5. The van der Waals surface area contributed by atoms with E-state index in [1.54, 1.807) is 0 Å². The molecule has 4 nitrogen and oxygen atoms in total. The van der Waals surface area contributed by atoms with Gasteiger partial charge in [0.15, 0.2) is 11.6 Å². The molecule has 0 heterocycles. The standard InChI is InChI=1S/C18H16ClFO4/c19-14-7-4-8-15(20)18(14)24-17(22)10-9-16(21)23-12-11-13-5-2-1-3-6-13/h1-8H,9-12H2. The van der Waals surface area contributed by atoms with Gasteiger partial charge in [0.1, 0.15) is 0 Å². The van der Waals surface area contributed by atoms with Crippen LogP contribution in [-0.4, -0.2) is 18.5 Å². The first-order chi connectivity index (χ1) is 11.6.